The van der Waals surface area contributed by atoms with Crippen molar-refractivity contribution in [3.05, 3.63) is 77.7 Å². The maximum atomic E-state index is 13.6. The van der Waals surface area contributed by atoms with Crippen LogP contribution < -0.4 is 16.0 Å². The minimum Gasteiger partial charge on any atom is -0.364 e. The third-order valence-corrected chi connectivity index (χ3v) is 3.78. The number of nitrogens with zero attached hydrogens (tertiary/aromatic N) is 2. The molecule has 8 heteroatoms. The first kappa shape index (κ1) is 19.0. The third-order valence-electron chi connectivity index (χ3n) is 3.78. The maximum absolute atomic E-state index is 13.6. The topological polar surface area (TPSA) is 96.0 Å². The fraction of sp³-hybridized carbons (Fsp3) is 0.100. The van der Waals surface area contributed by atoms with Crippen LogP contribution in [0.2, 0.25) is 0 Å². The largest absolute Gasteiger partial charge is 0.364 e. The number of anilines is 3. The van der Waals surface area contributed by atoms with Crippen LogP contribution in [0.25, 0.3) is 0 Å². The van der Waals surface area contributed by atoms with Gasteiger partial charge in [0, 0.05) is 30.4 Å². The van der Waals surface area contributed by atoms with E-state index in [1.807, 2.05) is 0 Å². The Morgan fingerprint density at radius 3 is 2.18 bits per heavy atom. The second kappa shape index (κ2) is 8.72. The molecule has 1 heterocycles. The number of rotatable bonds is 6. The molecule has 0 saturated carbocycles. The summed E-state index contributed by atoms with van der Waals surface area (Å²) in [7, 11) is 0. The van der Waals surface area contributed by atoms with Crippen molar-refractivity contribution in [3.63, 3.8) is 0 Å². The minimum atomic E-state index is -0.416. The zero-order valence-electron chi connectivity index (χ0n) is 15.1. The molecule has 142 valence electrons. The molecule has 0 aliphatic rings. The summed E-state index contributed by atoms with van der Waals surface area (Å²) in [6, 6.07) is 16.3. The molecular formula is C20H18FN5O2. The van der Waals surface area contributed by atoms with Crippen LogP contribution >= 0.6 is 0 Å². The molecule has 0 atom stereocenters. The van der Waals surface area contributed by atoms with Gasteiger partial charge in [0.15, 0.2) is 5.69 Å². The lowest BCUT2D eigenvalue weighted by molar-refractivity contribution is -0.114. The Balaban J connectivity index is 1.57. The minimum absolute atomic E-state index is 0.141. The first-order valence-corrected chi connectivity index (χ1v) is 8.51. The zero-order chi connectivity index (χ0) is 19.9. The fourth-order valence-corrected chi connectivity index (χ4v) is 2.41. The summed E-state index contributed by atoms with van der Waals surface area (Å²) < 4.78 is 13.6. The summed E-state index contributed by atoms with van der Waals surface area (Å²) in [6.07, 6.45) is 0. The van der Waals surface area contributed by atoms with Gasteiger partial charge in [-0.1, -0.05) is 18.2 Å². The van der Waals surface area contributed by atoms with Gasteiger partial charge in [-0.15, -0.1) is 10.2 Å². The van der Waals surface area contributed by atoms with E-state index in [9.17, 15) is 14.0 Å². The van der Waals surface area contributed by atoms with E-state index in [0.717, 1.165) is 0 Å². The first-order valence-electron chi connectivity index (χ1n) is 8.51. The van der Waals surface area contributed by atoms with Crippen LogP contribution in [-0.4, -0.2) is 22.0 Å². The number of aromatic nitrogens is 2. The quantitative estimate of drug-likeness (QED) is 0.610. The number of carbonyl (C=O) groups is 2. The molecule has 0 radical (unpaired) electrons. The predicted octanol–water partition coefficient (Wildman–Crippen LogP) is 3.44. The number of hydrogen-bond acceptors (Lipinski definition) is 5. The van der Waals surface area contributed by atoms with Crippen LogP contribution in [0.3, 0.4) is 0 Å². The van der Waals surface area contributed by atoms with Crippen molar-refractivity contribution < 1.29 is 14.0 Å². The molecule has 0 saturated heterocycles. The summed E-state index contributed by atoms with van der Waals surface area (Å²) in [5.41, 5.74) is 1.84. The van der Waals surface area contributed by atoms with Crippen LogP contribution in [0.5, 0.6) is 0 Å². The van der Waals surface area contributed by atoms with Gasteiger partial charge >= 0.3 is 0 Å². The second-order valence-corrected chi connectivity index (χ2v) is 5.96. The van der Waals surface area contributed by atoms with Gasteiger partial charge in [0.1, 0.15) is 11.6 Å². The van der Waals surface area contributed by atoms with Crippen LogP contribution in [0.15, 0.2) is 60.7 Å². The van der Waals surface area contributed by atoms with Gasteiger partial charge in [0.2, 0.25) is 5.91 Å². The third kappa shape index (κ3) is 5.10. The highest BCUT2D eigenvalue weighted by molar-refractivity contribution is 6.03. The Morgan fingerprint density at radius 2 is 1.57 bits per heavy atom. The van der Waals surface area contributed by atoms with Crippen molar-refractivity contribution >= 4 is 29.0 Å². The Morgan fingerprint density at radius 1 is 0.893 bits per heavy atom. The van der Waals surface area contributed by atoms with Crippen molar-refractivity contribution in [3.8, 4) is 0 Å². The molecule has 7 nitrogen and oxygen atoms in total. The Bertz CT molecular complexity index is 975. The van der Waals surface area contributed by atoms with Crippen LogP contribution in [-0.2, 0) is 11.3 Å². The molecule has 0 aliphatic carbocycles. The van der Waals surface area contributed by atoms with E-state index in [1.165, 1.54) is 19.1 Å². The lowest BCUT2D eigenvalue weighted by atomic mass is 10.2. The molecule has 0 fully saturated rings. The lowest BCUT2D eigenvalue weighted by Crippen LogP contribution is -2.15. The predicted molar refractivity (Wildman–Crippen MR) is 104 cm³/mol. The van der Waals surface area contributed by atoms with Gasteiger partial charge in [-0.2, -0.15) is 0 Å². The number of carbonyl (C=O) groups excluding carboxylic acids is 2. The second-order valence-electron chi connectivity index (χ2n) is 5.96. The molecule has 0 bridgehead atoms. The number of halogens is 1. The van der Waals surface area contributed by atoms with E-state index in [4.69, 9.17) is 0 Å². The molecule has 2 aromatic carbocycles. The molecule has 0 aliphatic heterocycles. The van der Waals surface area contributed by atoms with Crippen molar-refractivity contribution in [2.75, 3.05) is 16.0 Å². The highest BCUT2D eigenvalue weighted by Gasteiger charge is 2.09. The summed E-state index contributed by atoms with van der Waals surface area (Å²) >= 11 is 0. The molecule has 0 spiro atoms. The summed E-state index contributed by atoms with van der Waals surface area (Å²) in [5.74, 6) is -0.459. The molecule has 3 aromatic rings. The van der Waals surface area contributed by atoms with E-state index >= 15 is 0 Å². The standard InChI is InChI=1S/C20H18FN5O2/c1-13(27)23-15-6-8-16(9-7-15)24-20(28)18-10-11-19(26-25-18)22-12-14-4-2-3-5-17(14)21/h2-11H,12H2,1H3,(H,22,26)(H,23,27)(H,24,28). The van der Waals surface area contributed by atoms with E-state index in [1.54, 1.807) is 48.5 Å². The first-order chi connectivity index (χ1) is 13.5. The van der Waals surface area contributed by atoms with Crippen LogP contribution in [0.1, 0.15) is 23.0 Å². The summed E-state index contributed by atoms with van der Waals surface area (Å²) in [6.45, 7) is 1.68. The lowest BCUT2D eigenvalue weighted by Gasteiger charge is -2.08. The molecule has 1 aromatic heterocycles. The van der Waals surface area contributed by atoms with Crippen molar-refractivity contribution in [1.82, 2.24) is 10.2 Å². The zero-order valence-corrected chi connectivity index (χ0v) is 15.1. The van der Waals surface area contributed by atoms with Crippen LogP contribution in [0, 0.1) is 5.82 Å². The van der Waals surface area contributed by atoms with Gasteiger partial charge < -0.3 is 16.0 Å². The molecular weight excluding hydrogens is 361 g/mol. The SMILES string of the molecule is CC(=O)Nc1ccc(NC(=O)c2ccc(NCc3ccccc3F)nn2)cc1. The average molecular weight is 379 g/mol. The van der Waals surface area contributed by atoms with E-state index in [-0.39, 0.29) is 24.0 Å². The number of nitrogens with one attached hydrogen (secondary N) is 3. The highest BCUT2D eigenvalue weighted by Crippen LogP contribution is 2.15. The Hall–Kier alpha value is -3.81. The van der Waals surface area contributed by atoms with Crippen LogP contribution in [0.4, 0.5) is 21.6 Å². The van der Waals surface area contributed by atoms with Gasteiger partial charge in [0.25, 0.3) is 5.91 Å². The average Bonchev–Trinajstić information content (AvgIpc) is 2.69. The number of hydrogen-bond donors (Lipinski definition) is 3. The van der Waals surface area contributed by atoms with Crippen molar-refractivity contribution in [2.24, 2.45) is 0 Å². The van der Waals surface area contributed by atoms with Gasteiger partial charge in [-0.05, 0) is 42.5 Å². The number of amides is 2. The highest BCUT2D eigenvalue weighted by atomic mass is 19.1. The molecule has 3 rings (SSSR count). The molecule has 2 amide bonds. The van der Waals surface area contributed by atoms with Gasteiger partial charge in [0.05, 0.1) is 0 Å². The molecule has 0 unspecified atom stereocenters. The van der Waals surface area contributed by atoms with Gasteiger partial charge in [-0.25, -0.2) is 4.39 Å². The fourth-order valence-electron chi connectivity index (χ4n) is 2.41. The maximum Gasteiger partial charge on any atom is 0.276 e. The van der Waals surface area contributed by atoms with E-state index in [2.05, 4.69) is 26.1 Å². The van der Waals surface area contributed by atoms with E-state index in [0.29, 0.717) is 22.8 Å². The monoisotopic (exact) mass is 379 g/mol. The number of benzene rings is 2. The van der Waals surface area contributed by atoms with Gasteiger partial charge in [-0.3, -0.25) is 9.59 Å². The van der Waals surface area contributed by atoms with E-state index < -0.39 is 5.91 Å². The Labute approximate surface area is 161 Å². The van der Waals surface area contributed by atoms with Crippen molar-refractivity contribution in [1.29, 1.82) is 0 Å². The Kier molecular flexibility index (Phi) is 5.91. The summed E-state index contributed by atoms with van der Waals surface area (Å²) in [5, 5.41) is 16.1. The smallest absolute Gasteiger partial charge is 0.276 e. The van der Waals surface area contributed by atoms with Crippen molar-refractivity contribution in [2.45, 2.75) is 13.5 Å². The summed E-state index contributed by atoms with van der Waals surface area (Å²) in [4.78, 5) is 23.3. The molecule has 28 heavy (non-hydrogen) atoms. The molecule has 3 N–H and O–H groups in total. The normalized spacial score (nSPS) is 10.2.